The van der Waals surface area contributed by atoms with Crippen LogP contribution in [0.25, 0.3) is 0 Å². The van der Waals surface area contributed by atoms with E-state index >= 15 is 0 Å². The van der Waals surface area contributed by atoms with Crippen molar-refractivity contribution in [3.63, 3.8) is 0 Å². The van der Waals surface area contributed by atoms with Gasteiger partial charge in [-0.1, -0.05) is 18.2 Å². The van der Waals surface area contributed by atoms with Gasteiger partial charge in [0.05, 0.1) is 30.4 Å². The van der Waals surface area contributed by atoms with Crippen molar-refractivity contribution in [1.82, 2.24) is 10.7 Å². The molecule has 35 heavy (non-hydrogen) atoms. The van der Waals surface area contributed by atoms with Gasteiger partial charge in [-0.3, -0.25) is 19.7 Å². The number of nitro benzene ring substituents is 1. The van der Waals surface area contributed by atoms with Gasteiger partial charge < -0.3 is 14.8 Å². The van der Waals surface area contributed by atoms with Gasteiger partial charge in [-0.15, -0.1) is 0 Å². The predicted octanol–water partition coefficient (Wildman–Crippen LogP) is 2.70. The Morgan fingerprint density at radius 2 is 1.69 bits per heavy atom. The molecule has 0 atom stereocenters. The van der Waals surface area contributed by atoms with E-state index in [-0.39, 0.29) is 23.5 Å². The van der Waals surface area contributed by atoms with Crippen LogP contribution < -0.4 is 20.2 Å². The number of carbonyl (C=O) groups is 3. The number of hydrogen-bond donors (Lipinski definition) is 2. The third kappa shape index (κ3) is 7.22. The van der Waals surface area contributed by atoms with Crippen molar-refractivity contribution in [3.05, 3.63) is 99.6 Å². The smallest absolute Gasteiger partial charge is 0.343 e. The molecule has 0 aliphatic carbocycles. The van der Waals surface area contributed by atoms with Crippen molar-refractivity contribution >= 4 is 29.7 Å². The van der Waals surface area contributed by atoms with Crippen LogP contribution in [0.2, 0.25) is 0 Å². The van der Waals surface area contributed by atoms with Crippen LogP contribution in [0.3, 0.4) is 0 Å². The molecule has 2 amide bonds. The molecule has 0 aliphatic heterocycles. The molecule has 0 aliphatic rings. The van der Waals surface area contributed by atoms with Gasteiger partial charge in [-0.2, -0.15) is 5.10 Å². The Morgan fingerprint density at radius 3 is 2.40 bits per heavy atom. The molecule has 2 N–H and O–H groups in total. The third-order valence-corrected chi connectivity index (χ3v) is 4.53. The highest BCUT2D eigenvalue weighted by Gasteiger charge is 2.12. The number of carbonyl (C=O) groups excluding carboxylic acids is 3. The summed E-state index contributed by atoms with van der Waals surface area (Å²) in [5.41, 5.74) is 3.18. The summed E-state index contributed by atoms with van der Waals surface area (Å²) in [6.45, 7) is -0.291. The molecule has 0 radical (unpaired) electrons. The van der Waals surface area contributed by atoms with E-state index in [4.69, 9.17) is 9.47 Å². The molecule has 11 nitrogen and oxygen atoms in total. The minimum atomic E-state index is -0.686. The van der Waals surface area contributed by atoms with Gasteiger partial charge in [0.1, 0.15) is 11.5 Å². The van der Waals surface area contributed by atoms with Gasteiger partial charge in [0, 0.05) is 17.7 Å². The van der Waals surface area contributed by atoms with Gasteiger partial charge in [-0.05, 0) is 48.0 Å². The van der Waals surface area contributed by atoms with Gasteiger partial charge in [-0.25, -0.2) is 10.2 Å². The molecule has 0 unspecified atom stereocenters. The number of non-ortho nitro benzene ring substituents is 1. The Kier molecular flexibility index (Phi) is 8.22. The molecule has 0 saturated carbocycles. The number of benzene rings is 3. The van der Waals surface area contributed by atoms with Crippen LogP contribution in [0.1, 0.15) is 26.3 Å². The quantitative estimate of drug-likeness (QED) is 0.158. The lowest BCUT2D eigenvalue weighted by Gasteiger charge is -2.06. The van der Waals surface area contributed by atoms with E-state index in [0.717, 1.165) is 0 Å². The second-order valence-electron chi connectivity index (χ2n) is 6.97. The molecule has 0 heterocycles. The summed E-state index contributed by atoms with van der Waals surface area (Å²) in [7, 11) is 1.49. The van der Waals surface area contributed by atoms with E-state index in [1.807, 2.05) is 0 Å². The molecule has 0 spiro atoms. The number of nitro groups is 1. The zero-order valence-corrected chi connectivity index (χ0v) is 18.5. The number of esters is 1. The Hall–Kier alpha value is -5.06. The fourth-order valence-electron chi connectivity index (χ4n) is 2.79. The molecule has 0 bridgehead atoms. The third-order valence-electron chi connectivity index (χ3n) is 4.53. The first-order chi connectivity index (χ1) is 16.9. The van der Waals surface area contributed by atoms with Gasteiger partial charge in [0.25, 0.3) is 17.5 Å². The zero-order valence-electron chi connectivity index (χ0n) is 18.5. The summed E-state index contributed by atoms with van der Waals surface area (Å²) in [6, 6.07) is 17.9. The molecular formula is C24H20N4O7. The Bertz CT molecular complexity index is 1270. The fraction of sp³-hybridized carbons (Fsp3) is 0.0833. The minimum Gasteiger partial charge on any atom is -0.497 e. The minimum absolute atomic E-state index is 0.137. The lowest BCUT2D eigenvalue weighted by Crippen LogP contribution is -2.34. The average Bonchev–Trinajstić information content (AvgIpc) is 2.87. The van der Waals surface area contributed by atoms with Crippen LogP contribution in [-0.4, -0.2) is 42.6 Å². The Balaban J connectivity index is 1.50. The number of rotatable bonds is 9. The summed E-state index contributed by atoms with van der Waals surface area (Å²) in [4.78, 5) is 46.5. The monoisotopic (exact) mass is 476 g/mol. The molecule has 0 saturated heterocycles. The van der Waals surface area contributed by atoms with Crippen LogP contribution >= 0.6 is 0 Å². The van der Waals surface area contributed by atoms with Crippen LogP contribution in [-0.2, 0) is 4.79 Å². The maximum Gasteiger partial charge on any atom is 0.343 e. The van der Waals surface area contributed by atoms with Gasteiger partial charge >= 0.3 is 5.97 Å². The van der Waals surface area contributed by atoms with Crippen molar-refractivity contribution in [2.45, 2.75) is 0 Å². The highest BCUT2D eigenvalue weighted by atomic mass is 16.6. The standard InChI is InChI=1S/C24H20N4O7/c1-34-20-6-3-5-18(13-20)23(30)25-15-22(29)27-26-14-16-4-2-7-21(12-16)35-24(31)17-8-10-19(11-9-17)28(32)33/h2-14H,15H2,1H3,(H,25,30)(H,27,29). The molecule has 0 fully saturated rings. The first-order valence-electron chi connectivity index (χ1n) is 10.2. The first-order valence-corrected chi connectivity index (χ1v) is 10.2. The predicted molar refractivity (Wildman–Crippen MR) is 126 cm³/mol. The number of ether oxygens (including phenoxy) is 2. The zero-order chi connectivity index (χ0) is 25.2. The maximum atomic E-state index is 12.3. The first kappa shape index (κ1) is 24.6. The van der Waals surface area contributed by atoms with E-state index in [1.54, 1.807) is 42.5 Å². The van der Waals surface area contributed by atoms with Crippen LogP contribution in [0.5, 0.6) is 11.5 Å². The second kappa shape index (κ2) is 11.7. The van der Waals surface area contributed by atoms with Crippen molar-refractivity contribution in [2.75, 3.05) is 13.7 Å². The molecule has 0 aromatic heterocycles. The SMILES string of the molecule is COc1cccc(C(=O)NCC(=O)NN=Cc2cccc(OC(=O)c3ccc([N+](=O)[O-])cc3)c2)c1. The summed E-state index contributed by atoms with van der Waals surface area (Å²) in [6.07, 6.45) is 1.34. The number of hydrazone groups is 1. The summed E-state index contributed by atoms with van der Waals surface area (Å²) >= 11 is 0. The highest BCUT2D eigenvalue weighted by Crippen LogP contribution is 2.17. The summed E-state index contributed by atoms with van der Waals surface area (Å²) in [5, 5.41) is 17.0. The maximum absolute atomic E-state index is 12.3. The van der Waals surface area contributed by atoms with E-state index < -0.39 is 22.7 Å². The van der Waals surface area contributed by atoms with Gasteiger partial charge in [0.15, 0.2) is 0 Å². The number of nitrogens with zero attached hydrogens (tertiary/aromatic N) is 2. The van der Waals surface area contributed by atoms with Crippen LogP contribution in [0.4, 0.5) is 5.69 Å². The Labute approximate surface area is 199 Å². The number of methoxy groups -OCH3 is 1. The summed E-state index contributed by atoms with van der Waals surface area (Å²) < 4.78 is 10.3. The van der Waals surface area contributed by atoms with Gasteiger partial charge in [0.2, 0.25) is 0 Å². The van der Waals surface area contributed by atoms with Crippen molar-refractivity contribution in [1.29, 1.82) is 0 Å². The van der Waals surface area contributed by atoms with Crippen LogP contribution in [0, 0.1) is 10.1 Å². The number of hydrogen-bond acceptors (Lipinski definition) is 8. The molecule has 3 aromatic carbocycles. The molecule has 11 heteroatoms. The molecular weight excluding hydrogens is 456 g/mol. The molecule has 3 aromatic rings. The van der Waals surface area contributed by atoms with Crippen molar-refractivity contribution in [2.24, 2.45) is 5.10 Å². The van der Waals surface area contributed by atoms with E-state index in [0.29, 0.717) is 16.9 Å². The van der Waals surface area contributed by atoms with E-state index in [1.165, 1.54) is 43.7 Å². The second-order valence-corrected chi connectivity index (χ2v) is 6.97. The normalized spacial score (nSPS) is 10.4. The molecule has 178 valence electrons. The summed E-state index contributed by atoms with van der Waals surface area (Å²) in [5.74, 6) is -0.931. The van der Waals surface area contributed by atoms with Crippen LogP contribution in [0.15, 0.2) is 77.9 Å². The van der Waals surface area contributed by atoms with Crippen molar-refractivity contribution in [3.8, 4) is 11.5 Å². The van der Waals surface area contributed by atoms with Crippen molar-refractivity contribution < 1.29 is 28.8 Å². The highest BCUT2D eigenvalue weighted by molar-refractivity contribution is 5.97. The average molecular weight is 476 g/mol. The lowest BCUT2D eigenvalue weighted by molar-refractivity contribution is -0.384. The van der Waals surface area contributed by atoms with E-state index in [2.05, 4.69) is 15.8 Å². The topological polar surface area (TPSA) is 149 Å². The lowest BCUT2D eigenvalue weighted by atomic mass is 10.2. The Morgan fingerprint density at radius 1 is 0.971 bits per heavy atom. The number of amides is 2. The molecule has 3 rings (SSSR count). The largest absolute Gasteiger partial charge is 0.497 e. The fourth-order valence-corrected chi connectivity index (χ4v) is 2.79. The number of nitrogens with one attached hydrogen (secondary N) is 2. The van der Waals surface area contributed by atoms with E-state index in [9.17, 15) is 24.5 Å².